The van der Waals surface area contributed by atoms with Gasteiger partial charge in [0, 0.05) is 6.20 Å². The van der Waals surface area contributed by atoms with Crippen molar-refractivity contribution in [2.24, 2.45) is 11.8 Å². The van der Waals surface area contributed by atoms with Gasteiger partial charge in [0.2, 0.25) is 0 Å². The first kappa shape index (κ1) is 8.67. The molecule has 0 N–H and O–H groups in total. The van der Waals surface area contributed by atoms with Gasteiger partial charge in [-0.15, -0.1) is 0 Å². The Morgan fingerprint density at radius 1 is 1.54 bits per heavy atom. The lowest BCUT2D eigenvalue weighted by Crippen LogP contribution is -1.95. The van der Waals surface area contributed by atoms with E-state index in [0.29, 0.717) is 17.8 Å². The van der Waals surface area contributed by atoms with Crippen LogP contribution in [0, 0.1) is 17.7 Å². The lowest BCUT2D eigenvalue weighted by Gasteiger charge is -2.03. The summed E-state index contributed by atoms with van der Waals surface area (Å²) < 4.78 is 13.3. The molecule has 1 saturated carbocycles. The molecule has 0 spiro atoms. The topological polar surface area (TPSA) is 12.9 Å². The largest absolute Gasteiger partial charge is 0.262 e. The summed E-state index contributed by atoms with van der Waals surface area (Å²) in [6, 6.07) is 1.81. The molecule has 0 amide bonds. The molecule has 1 fully saturated rings. The third kappa shape index (κ3) is 1.58. The molecular weight excluding hydrogens is 165 g/mol. The third-order valence-electron chi connectivity index (χ3n) is 2.90. The number of rotatable bonds is 2. The molecule has 1 aromatic rings. The van der Waals surface area contributed by atoms with E-state index in [1.54, 1.807) is 6.20 Å². The van der Waals surface area contributed by atoms with E-state index < -0.39 is 0 Å². The van der Waals surface area contributed by atoms with Crippen molar-refractivity contribution in [1.29, 1.82) is 0 Å². The molecule has 0 aromatic carbocycles. The van der Waals surface area contributed by atoms with E-state index in [1.165, 1.54) is 6.20 Å². The summed E-state index contributed by atoms with van der Waals surface area (Å²) in [7, 11) is 0. The zero-order valence-electron chi connectivity index (χ0n) is 8.00. The van der Waals surface area contributed by atoms with Gasteiger partial charge in [-0.2, -0.15) is 0 Å². The molecule has 13 heavy (non-hydrogen) atoms. The predicted molar refractivity (Wildman–Crippen MR) is 49.9 cm³/mol. The quantitative estimate of drug-likeness (QED) is 0.680. The average molecular weight is 179 g/mol. The maximum Gasteiger partial charge on any atom is 0.144 e. The fourth-order valence-electron chi connectivity index (χ4n) is 2.00. The fourth-order valence-corrected chi connectivity index (χ4v) is 2.00. The van der Waals surface area contributed by atoms with Gasteiger partial charge in [0.15, 0.2) is 0 Å². The summed E-state index contributed by atoms with van der Waals surface area (Å²) in [5, 5.41) is 0. The normalized spacial score (nSPS) is 26.5. The molecule has 0 saturated heterocycles. The zero-order chi connectivity index (χ0) is 9.42. The van der Waals surface area contributed by atoms with E-state index >= 15 is 0 Å². The Morgan fingerprint density at radius 2 is 2.31 bits per heavy atom. The molecule has 2 rings (SSSR count). The van der Waals surface area contributed by atoms with Crippen LogP contribution >= 0.6 is 0 Å². The first-order chi connectivity index (χ1) is 6.20. The van der Waals surface area contributed by atoms with Crippen LogP contribution in [0.4, 0.5) is 4.39 Å². The molecule has 0 aliphatic heterocycles. The highest BCUT2D eigenvalue weighted by Gasteiger charge is 2.41. The van der Waals surface area contributed by atoms with Crippen molar-refractivity contribution >= 4 is 0 Å². The first-order valence-corrected chi connectivity index (χ1v) is 4.79. The van der Waals surface area contributed by atoms with Gasteiger partial charge in [-0.3, -0.25) is 4.98 Å². The SMILES string of the molecule is CC(C)[C@H]1C[C@@H]1c1ccncc1F. The number of nitrogens with zero attached hydrogens (tertiary/aromatic N) is 1. The summed E-state index contributed by atoms with van der Waals surface area (Å²) in [6.45, 7) is 4.40. The van der Waals surface area contributed by atoms with Gasteiger partial charge in [-0.05, 0) is 35.8 Å². The minimum atomic E-state index is -0.143. The molecule has 1 aromatic heterocycles. The van der Waals surface area contributed by atoms with Crippen LogP contribution in [-0.4, -0.2) is 4.98 Å². The van der Waals surface area contributed by atoms with Crippen molar-refractivity contribution in [3.8, 4) is 0 Å². The summed E-state index contributed by atoms with van der Waals surface area (Å²) in [4.78, 5) is 3.75. The van der Waals surface area contributed by atoms with Gasteiger partial charge in [0.05, 0.1) is 6.20 Å². The van der Waals surface area contributed by atoms with Crippen LogP contribution in [0.3, 0.4) is 0 Å². The third-order valence-corrected chi connectivity index (χ3v) is 2.90. The zero-order valence-corrected chi connectivity index (χ0v) is 8.00. The monoisotopic (exact) mass is 179 g/mol. The molecule has 70 valence electrons. The Kier molecular flexibility index (Phi) is 2.06. The number of hydrogen-bond acceptors (Lipinski definition) is 1. The highest BCUT2D eigenvalue weighted by molar-refractivity contribution is 5.25. The van der Waals surface area contributed by atoms with Crippen LogP contribution in [0.1, 0.15) is 31.7 Å². The average Bonchev–Trinajstić information content (AvgIpc) is 2.84. The van der Waals surface area contributed by atoms with Gasteiger partial charge < -0.3 is 0 Å². The highest BCUT2D eigenvalue weighted by Crippen LogP contribution is 2.52. The van der Waals surface area contributed by atoms with E-state index in [2.05, 4.69) is 18.8 Å². The minimum absolute atomic E-state index is 0.143. The number of pyridine rings is 1. The molecule has 1 aliphatic rings. The van der Waals surface area contributed by atoms with Crippen LogP contribution in [0.2, 0.25) is 0 Å². The van der Waals surface area contributed by atoms with Crippen LogP contribution in [-0.2, 0) is 0 Å². The van der Waals surface area contributed by atoms with Crippen LogP contribution in [0.5, 0.6) is 0 Å². The Labute approximate surface area is 78.0 Å². The van der Waals surface area contributed by atoms with E-state index in [0.717, 1.165) is 12.0 Å². The Balaban J connectivity index is 2.16. The van der Waals surface area contributed by atoms with Crippen molar-refractivity contribution in [3.63, 3.8) is 0 Å². The molecular formula is C11H14FN. The van der Waals surface area contributed by atoms with Gasteiger partial charge in [-0.25, -0.2) is 4.39 Å². The van der Waals surface area contributed by atoms with E-state index in [1.807, 2.05) is 6.07 Å². The minimum Gasteiger partial charge on any atom is -0.262 e. The highest BCUT2D eigenvalue weighted by atomic mass is 19.1. The van der Waals surface area contributed by atoms with Crippen LogP contribution < -0.4 is 0 Å². The predicted octanol–water partition coefficient (Wildman–Crippen LogP) is 2.98. The summed E-state index contributed by atoms with van der Waals surface area (Å²) in [5.74, 6) is 1.65. The molecule has 1 aliphatic carbocycles. The van der Waals surface area contributed by atoms with Crippen LogP contribution in [0.15, 0.2) is 18.5 Å². The molecule has 2 atom stereocenters. The van der Waals surface area contributed by atoms with E-state index in [9.17, 15) is 4.39 Å². The lowest BCUT2D eigenvalue weighted by atomic mass is 10.0. The maximum atomic E-state index is 13.3. The van der Waals surface area contributed by atoms with E-state index in [4.69, 9.17) is 0 Å². The number of aromatic nitrogens is 1. The van der Waals surface area contributed by atoms with Crippen molar-refractivity contribution in [3.05, 3.63) is 29.8 Å². The Morgan fingerprint density at radius 3 is 2.85 bits per heavy atom. The molecule has 2 heteroatoms. The van der Waals surface area contributed by atoms with Crippen molar-refractivity contribution in [2.75, 3.05) is 0 Å². The second-order valence-electron chi connectivity index (χ2n) is 4.15. The number of hydrogen-bond donors (Lipinski definition) is 0. The summed E-state index contributed by atoms with van der Waals surface area (Å²) in [6.07, 6.45) is 4.12. The lowest BCUT2D eigenvalue weighted by molar-refractivity contribution is 0.537. The van der Waals surface area contributed by atoms with Gasteiger partial charge >= 0.3 is 0 Å². The van der Waals surface area contributed by atoms with Gasteiger partial charge in [0.1, 0.15) is 5.82 Å². The number of halogens is 1. The molecule has 1 nitrogen and oxygen atoms in total. The summed E-state index contributed by atoms with van der Waals surface area (Å²) in [5.41, 5.74) is 0.855. The Hall–Kier alpha value is -0.920. The van der Waals surface area contributed by atoms with Gasteiger partial charge in [-0.1, -0.05) is 13.8 Å². The molecule has 1 heterocycles. The fraction of sp³-hybridized carbons (Fsp3) is 0.545. The van der Waals surface area contributed by atoms with Crippen molar-refractivity contribution < 1.29 is 4.39 Å². The maximum absolute atomic E-state index is 13.3. The first-order valence-electron chi connectivity index (χ1n) is 4.79. The summed E-state index contributed by atoms with van der Waals surface area (Å²) >= 11 is 0. The second-order valence-corrected chi connectivity index (χ2v) is 4.15. The van der Waals surface area contributed by atoms with Crippen LogP contribution in [0.25, 0.3) is 0 Å². The second kappa shape index (κ2) is 3.09. The molecule has 0 radical (unpaired) electrons. The molecule has 0 bridgehead atoms. The van der Waals surface area contributed by atoms with Gasteiger partial charge in [0.25, 0.3) is 0 Å². The van der Waals surface area contributed by atoms with Crippen molar-refractivity contribution in [1.82, 2.24) is 4.98 Å². The molecule has 0 unspecified atom stereocenters. The standard InChI is InChI=1S/C11H14FN/c1-7(2)9-5-10(9)8-3-4-13-6-11(8)12/h3-4,6-7,9-10H,5H2,1-2H3/t9-,10-/m1/s1. The smallest absolute Gasteiger partial charge is 0.144 e. The Bertz CT molecular complexity index is 309. The van der Waals surface area contributed by atoms with Crippen molar-refractivity contribution in [2.45, 2.75) is 26.2 Å². The van der Waals surface area contributed by atoms with E-state index in [-0.39, 0.29) is 5.82 Å².